The second-order valence-electron chi connectivity index (χ2n) is 3.33. The number of hydrogen-bond acceptors (Lipinski definition) is 2. The van der Waals surface area contributed by atoms with Crippen LogP contribution in [0.15, 0.2) is 36.4 Å². The van der Waals surface area contributed by atoms with Crippen molar-refractivity contribution in [2.24, 2.45) is 0 Å². The molecule has 14 heavy (non-hydrogen) atoms. The number of benzene rings is 1. The highest BCUT2D eigenvalue weighted by atomic mass is 19.1. The Labute approximate surface area is 82.1 Å². The van der Waals surface area contributed by atoms with E-state index in [1.54, 1.807) is 18.2 Å². The quantitative estimate of drug-likeness (QED) is 0.695. The SMILES string of the molecule is OC(c1ccccc1F)C1C=CCN1. The monoisotopic (exact) mass is 193 g/mol. The Kier molecular flexibility index (Phi) is 2.61. The lowest BCUT2D eigenvalue weighted by Crippen LogP contribution is -2.29. The fourth-order valence-electron chi connectivity index (χ4n) is 1.61. The van der Waals surface area contributed by atoms with Crippen LogP contribution in [0.3, 0.4) is 0 Å². The van der Waals surface area contributed by atoms with Crippen LogP contribution in [-0.4, -0.2) is 17.7 Å². The minimum atomic E-state index is -0.810. The maximum absolute atomic E-state index is 13.3. The van der Waals surface area contributed by atoms with Gasteiger partial charge in [0.1, 0.15) is 11.9 Å². The first-order valence-electron chi connectivity index (χ1n) is 4.61. The molecule has 2 rings (SSSR count). The van der Waals surface area contributed by atoms with Crippen LogP contribution in [0.25, 0.3) is 0 Å². The fourth-order valence-corrected chi connectivity index (χ4v) is 1.61. The molecule has 0 aliphatic carbocycles. The van der Waals surface area contributed by atoms with Crippen LogP contribution >= 0.6 is 0 Å². The molecule has 3 heteroatoms. The van der Waals surface area contributed by atoms with Gasteiger partial charge in [0.2, 0.25) is 0 Å². The molecule has 1 aromatic carbocycles. The van der Waals surface area contributed by atoms with Crippen molar-refractivity contribution in [3.63, 3.8) is 0 Å². The topological polar surface area (TPSA) is 32.3 Å². The van der Waals surface area contributed by atoms with Crippen molar-refractivity contribution in [3.8, 4) is 0 Å². The molecule has 0 fully saturated rings. The molecular weight excluding hydrogens is 181 g/mol. The summed E-state index contributed by atoms with van der Waals surface area (Å²) >= 11 is 0. The minimum absolute atomic E-state index is 0.174. The van der Waals surface area contributed by atoms with E-state index in [9.17, 15) is 9.50 Å². The Morgan fingerprint density at radius 3 is 2.86 bits per heavy atom. The first-order valence-corrected chi connectivity index (χ1v) is 4.61. The summed E-state index contributed by atoms with van der Waals surface area (Å²) in [6.07, 6.45) is 2.97. The molecule has 0 spiro atoms. The van der Waals surface area contributed by atoms with Gasteiger partial charge in [0, 0.05) is 12.1 Å². The maximum atomic E-state index is 13.3. The summed E-state index contributed by atoms with van der Waals surface area (Å²) in [6.45, 7) is 0.732. The van der Waals surface area contributed by atoms with Crippen molar-refractivity contribution < 1.29 is 9.50 Å². The fraction of sp³-hybridized carbons (Fsp3) is 0.273. The van der Waals surface area contributed by atoms with Gasteiger partial charge in [-0.3, -0.25) is 0 Å². The Hall–Kier alpha value is -1.19. The second-order valence-corrected chi connectivity index (χ2v) is 3.33. The van der Waals surface area contributed by atoms with Crippen LogP contribution in [0.1, 0.15) is 11.7 Å². The number of halogens is 1. The van der Waals surface area contributed by atoms with E-state index in [1.807, 2.05) is 12.2 Å². The van der Waals surface area contributed by atoms with Crippen molar-refractivity contribution in [1.82, 2.24) is 5.32 Å². The van der Waals surface area contributed by atoms with E-state index in [0.29, 0.717) is 5.56 Å². The van der Waals surface area contributed by atoms with Crippen LogP contribution in [0.2, 0.25) is 0 Å². The summed E-state index contributed by atoms with van der Waals surface area (Å²) < 4.78 is 13.3. The van der Waals surface area contributed by atoms with E-state index in [1.165, 1.54) is 6.07 Å². The Bertz CT molecular complexity index is 351. The molecule has 1 aliphatic heterocycles. The predicted molar refractivity (Wildman–Crippen MR) is 52.3 cm³/mol. The van der Waals surface area contributed by atoms with Gasteiger partial charge in [0.15, 0.2) is 0 Å². The molecule has 74 valence electrons. The average Bonchev–Trinajstić information content (AvgIpc) is 2.70. The standard InChI is InChI=1S/C11H12FNO/c12-9-5-2-1-4-8(9)11(14)10-6-3-7-13-10/h1-6,10-11,13-14H,7H2. The highest BCUT2D eigenvalue weighted by Gasteiger charge is 2.22. The van der Waals surface area contributed by atoms with E-state index >= 15 is 0 Å². The molecule has 0 amide bonds. The Morgan fingerprint density at radius 1 is 1.43 bits per heavy atom. The highest BCUT2D eigenvalue weighted by molar-refractivity contribution is 5.23. The first kappa shape index (κ1) is 9.37. The maximum Gasteiger partial charge on any atom is 0.129 e. The molecule has 0 bridgehead atoms. The van der Waals surface area contributed by atoms with Gasteiger partial charge in [0.05, 0.1) is 6.04 Å². The molecule has 2 atom stereocenters. The van der Waals surface area contributed by atoms with Crippen molar-refractivity contribution in [3.05, 3.63) is 47.8 Å². The van der Waals surface area contributed by atoms with Crippen molar-refractivity contribution >= 4 is 0 Å². The van der Waals surface area contributed by atoms with E-state index in [-0.39, 0.29) is 11.9 Å². The van der Waals surface area contributed by atoms with E-state index in [0.717, 1.165) is 6.54 Å². The van der Waals surface area contributed by atoms with Gasteiger partial charge < -0.3 is 10.4 Å². The molecule has 1 aliphatic rings. The van der Waals surface area contributed by atoms with Crippen LogP contribution in [0.5, 0.6) is 0 Å². The van der Waals surface area contributed by atoms with E-state index in [4.69, 9.17) is 0 Å². The summed E-state index contributed by atoms with van der Waals surface area (Å²) in [4.78, 5) is 0. The molecular formula is C11H12FNO. The van der Waals surface area contributed by atoms with Crippen molar-refractivity contribution in [2.45, 2.75) is 12.1 Å². The summed E-state index contributed by atoms with van der Waals surface area (Å²) in [7, 11) is 0. The smallest absolute Gasteiger partial charge is 0.129 e. The van der Waals surface area contributed by atoms with Crippen LogP contribution < -0.4 is 5.32 Å². The molecule has 2 nitrogen and oxygen atoms in total. The Balaban J connectivity index is 2.22. The zero-order valence-electron chi connectivity index (χ0n) is 7.65. The van der Waals surface area contributed by atoms with Crippen molar-refractivity contribution in [1.29, 1.82) is 0 Å². The molecule has 1 aromatic rings. The number of aliphatic hydroxyl groups is 1. The molecule has 1 heterocycles. The van der Waals surface area contributed by atoms with Crippen LogP contribution in [0.4, 0.5) is 4.39 Å². The van der Waals surface area contributed by atoms with Gasteiger partial charge in [-0.25, -0.2) is 4.39 Å². The third kappa shape index (κ3) is 1.69. The molecule has 0 aromatic heterocycles. The average molecular weight is 193 g/mol. The van der Waals surface area contributed by atoms with Gasteiger partial charge in [-0.15, -0.1) is 0 Å². The zero-order chi connectivity index (χ0) is 9.97. The van der Waals surface area contributed by atoms with E-state index < -0.39 is 6.10 Å². The summed E-state index contributed by atoms with van der Waals surface area (Å²) in [5.41, 5.74) is 0.344. The summed E-state index contributed by atoms with van der Waals surface area (Å²) in [6, 6.07) is 6.13. The minimum Gasteiger partial charge on any atom is -0.386 e. The second kappa shape index (κ2) is 3.90. The van der Waals surface area contributed by atoms with Gasteiger partial charge >= 0.3 is 0 Å². The lowest BCUT2D eigenvalue weighted by Gasteiger charge is -2.17. The lowest BCUT2D eigenvalue weighted by atomic mass is 10.0. The summed E-state index contributed by atoms with van der Waals surface area (Å²) in [5, 5.41) is 12.9. The number of nitrogens with one attached hydrogen (secondary N) is 1. The van der Waals surface area contributed by atoms with Gasteiger partial charge in [0.25, 0.3) is 0 Å². The number of hydrogen-bond donors (Lipinski definition) is 2. The summed E-state index contributed by atoms with van der Waals surface area (Å²) in [5.74, 6) is -0.359. The van der Waals surface area contributed by atoms with Crippen LogP contribution in [0, 0.1) is 5.82 Å². The predicted octanol–water partition coefficient (Wildman–Crippen LogP) is 1.39. The Morgan fingerprint density at radius 2 is 2.21 bits per heavy atom. The molecule has 2 N–H and O–H groups in total. The highest BCUT2D eigenvalue weighted by Crippen LogP contribution is 2.21. The molecule has 2 unspecified atom stereocenters. The van der Waals surface area contributed by atoms with Gasteiger partial charge in [-0.2, -0.15) is 0 Å². The molecule has 0 radical (unpaired) electrons. The zero-order valence-corrected chi connectivity index (χ0v) is 7.65. The van der Waals surface area contributed by atoms with E-state index in [2.05, 4.69) is 5.32 Å². The normalized spacial score (nSPS) is 22.6. The number of rotatable bonds is 2. The third-order valence-electron chi connectivity index (χ3n) is 2.38. The lowest BCUT2D eigenvalue weighted by molar-refractivity contribution is 0.148. The first-order chi connectivity index (χ1) is 6.79. The van der Waals surface area contributed by atoms with Crippen molar-refractivity contribution in [2.75, 3.05) is 6.54 Å². The number of aliphatic hydroxyl groups excluding tert-OH is 1. The molecule has 0 saturated carbocycles. The van der Waals surface area contributed by atoms with Gasteiger partial charge in [-0.1, -0.05) is 30.4 Å². The molecule has 0 saturated heterocycles. The van der Waals surface area contributed by atoms with Gasteiger partial charge in [-0.05, 0) is 6.07 Å². The van der Waals surface area contributed by atoms with Crippen LogP contribution in [-0.2, 0) is 0 Å². The third-order valence-corrected chi connectivity index (χ3v) is 2.38. The largest absolute Gasteiger partial charge is 0.386 e.